The molecule has 6 heteroatoms. The van der Waals surface area contributed by atoms with Crippen molar-refractivity contribution in [3.8, 4) is 0 Å². The first-order valence-corrected chi connectivity index (χ1v) is 9.44. The maximum atomic E-state index is 11.9. The molecule has 2 aromatic rings. The lowest BCUT2D eigenvalue weighted by Gasteiger charge is -2.34. The molecular weight excluding hydrogens is 348 g/mol. The fourth-order valence-electron chi connectivity index (χ4n) is 3.23. The van der Waals surface area contributed by atoms with Gasteiger partial charge in [0.05, 0.1) is 50.0 Å². The number of urea groups is 1. The molecule has 138 valence electrons. The molecule has 0 atom stereocenters. The van der Waals surface area contributed by atoms with Gasteiger partial charge in [-0.15, -0.1) is 0 Å². The minimum atomic E-state index is -0.152. The Kier molecular flexibility index (Phi) is 6.36. The Labute approximate surface area is 159 Å². The van der Waals surface area contributed by atoms with Crippen LogP contribution in [0.15, 0.2) is 48.5 Å². The zero-order valence-electron chi connectivity index (χ0n) is 15.1. The monoisotopic (exact) mass is 373 g/mol. The van der Waals surface area contributed by atoms with Crippen molar-refractivity contribution in [3.63, 3.8) is 0 Å². The minimum Gasteiger partial charge on any atom is -0.359 e. The Morgan fingerprint density at radius 1 is 1.15 bits per heavy atom. The standard InChI is InChI=1S/C20H25ClN4O/c1-16-7-8-19(18(21)15-16)25-13-11-24(12-14-25)10-9-22-20(26)23-17-5-3-2-4-6-17/h2-8,15H,9-14H2,1H3,(H2,22,23,26)/p+1. The van der Waals surface area contributed by atoms with E-state index in [0.29, 0.717) is 6.54 Å². The van der Waals surface area contributed by atoms with Crippen LogP contribution in [0, 0.1) is 6.92 Å². The number of amides is 2. The molecule has 0 radical (unpaired) electrons. The van der Waals surface area contributed by atoms with Gasteiger partial charge >= 0.3 is 6.03 Å². The summed E-state index contributed by atoms with van der Waals surface area (Å²) in [6, 6.07) is 15.6. The van der Waals surface area contributed by atoms with Crippen LogP contribution in [0.4, 0.5) is 16.2 Å². The van der Waals surface area contributed by atoms with E-state index in [0.717, 1.165) is 49.1 Å². The fraction of sp³-hybridized carbons (Fsp3) is 0.350. The number of halogens is 1. The van der Waals surface area contributed by atoms with E-state index in [1.54, 1.807) is 0 Å². The second kappa shape index (κ2) is 8.92. The van der Waals surface area contributed by atoms with Gasteiger partial charge in [-0.1, -0.05) is 35.9 Å². The molecule has 5 nitrogen and oxygen atoms in total. The van der Waals surface area contributed by atoms with Gasteiger partial charge in [0.2, 0.25) is 0 Å². The molecule has 26 heavy (non-hydrogen) atoms. The fourth-order valence-corrected chi connectivity index (χ4v) is 3.59. The number of nitrogens with one attached hydrogen (secondary N) is 3. The summed E-state index contributed by atoms with van der Waals surface area (Å²) in [5.41, 5.74) is 3.11. The summed E-state index contributed by atoms with van der Waals surface area (Å²) in [5, 5.41) is 6.59. The molecular formula is C20H26ClN4O+. The molecule has 3 N–H and O–H groups in total. The van der Waals surface area contributed by atoms with Crippen LogP contribution in [-0.2, 0) is 0 Å². The van der Waals surface area contributed by atoms with E-state index in [4.69, 9.17) is 11.6 Å². The number of hydrogen-bond acceptors (Lipinski definition) is 2. The highest BCUT2D eigenvalue weighted by Crippen LogP contribution is 2.26. The number of carbonyl (C=O) groups is 1. The molecule has 1 saturated heterocycles. The highest BCUT2D eigenvalue weighted by atomic mass is 35.5. The van der Waals surface area contributed by atoms with Crippen molar-refractivity contribution < 1.29 is 9.69 Å². The SMILES string of the molecule is Cc1ccc(N2CC[NH+](CCNC(=O)Nc3ccccc3)CC2)c(Cl)c1. The van der Waals surface area contributed by atoms with Gasteiger partial charge in [0.25, 0.3) is 0 Å². The topological polar surface area (TPSA) is 48.8 Å². The van der Waals surface area contributed by atoms with Crippen molar-refractivity contribution in [3.05, 3.63) is 59.1 Å². The highest BCUT2D eigenvalue weighted by molar-refractivity contribution is 6.33. The largest absolute Gasteiger partial charge is 0.359 e. The molecule has 1 aliphatic heterocycles. The third kappa shape index (κ3) is 5.13. The Morgan fingerprint density at radius 2 is 1.88 bits per heavy atom. The lowest BCUT2D eigenvalue weighted by atomic mass is 10.2. The van der Waals surface area contributed by atoms with Gasteiger partial charge in [-0.2, -0.15) is 0 Å². The third-order valence-electron chi connectivity index (χ3n) is 4.71. The first kappa shape index (κ1) is 18.5. The van der Waals surface area contributed by atoms with E-state index >= 15 is 0 Å². The highest BCUT2D eigenvalue weighted by Gasteiger charge is 2.21. The van der Waals surface area contributed by atoms with Gasteiger partial charge in [-0.05, 0) is 36.8 Å². The van der Waals surface area contributed by atoms with E-state index < -0.39 is 0 Å². The van der Waals surface area contributed by atoms with Crippen LogP contribution in [0.2, 0.25) is 5.02 Å². The Hall–Kier alpha value is -2.24. The lowest BCUT2D eigenvalue weighted by molar-refractivity contribution is -0.899. The predicted octanol–water partition coefficient (Wildman–Crippen LogP) is 2.18. The van der Waals surface area contributed by atoms with Crippen molar-refractivity contribution >= 4 is 29.0 Å². The summed E-state index contributed by atoms with van der Waals surface area (Å²) in [6.07, 6.45) is 0. The van der Waals surface area contributed by atoms with E-state index in [9.17, 15) is 4.79 Å². The van der Waals surface area contributed by atoms with Gasteiger partial charge in [0.15, 0.2) is 0 Å². The van der Waals surface area contributed by atoms with Crippen LogP contribution in [0.25, 0.3) is 0 Å². The summed E-state index contributed by atoms with van der Waals surface area (Å²) >= 11 is 6.38. The average molecular weight is 374 g/mol. The summed E-state index contributed by atoms with van der Waals surface area (Å²) in [5.74, 6) is 0. The van der Waals surface area contributed by atoms with Crippen molar-refractivity contribution in [2.75, 3.05) is 49.5 Å². The predicted molar refractivity (Wildman–Crippen MR) is 107 cm³/mol. The molecule has 1 aliphatic rings. The second-order valence-corrected chi connectivity index (χ2v) is 7.10. The normalized spacial score (nSPS) is 14.9. The van der Waals surface area contributed by atoms with Crippen molar-refractivity contribution in [2.45, 2.75) is 6.92 Å². The molecule has 1 heterocycles. The number of rotatable bonds is 5. The van der Waals surface area contributed by atoms with Crippen LogP contribution < -0.4 is 20.4 Å². The first-order valence-electron chi connectivity index (χ1n) is 9.06. The Morgan fingerprint density at radius 3 is 2.58 bits per heavy atom. The molecule has 0 saturated carbocycles. The Bertz CT molecular complexity index is 730. The number of piperazine rings is 1. The van der Waals surface area contributed by atoms with E-state index in [-0.39, 0.29) is 6.03 Å². The molecule has 3 rings (SSSR count). The molecule has 0 bridgehead atoms. The zero-order chi connectivity index (χ0) is 18.4. The first-order chi connectivity index (χ1) is 12.6. The summed E-state index contributed by atoms with van der Waals surface area (Å²) < 4.78 is 0. The molecule has 0 unspecified atom stereocenters. The van der Waals surface area contributed by atoms with Crippen LogP contribution in [0.3, 0.4) is 0 Å². The summed E-state index contributed by atoms with van der Waals surface area (Å²) in [4.78, 5) is 15.8. The van der Waals surface area contributed by atoms with Gasteiger partial charge in [-0.25, -0.2) is 4.79 Å². The Balaban J connectivity index is 1.38. The number of aryl methyl sites for hydroxylation is 1. The molecule has 2 amide bonds. The van der Waals surface area contributed by atoms with Crippen LogP contribution in [0.5, 0.6) is 0 Å². The number of quaternary nitrogens is 1. The number of para-hydroxylation sites is 1. The third-order valence-corrected chi connectivity index (χ3v) is 5.01. The molecule has 1 fully saturated rings. The summed E-state index contributed by atoms with van der Waals surface area (Å²) in [6.45, 7) is 7.71. The number of anilines is 2. The molecule has 0 spiro atoms. The van der Waals surface area contributed by atoms with E-state index in [2.05, 4.69) is 34.6 Å². The number of hydrogen-bond donors (Lipinski definition) is 3. The lowest BCUT2D eigenvalue weighted by Crippen LogP contribution is -3.15. The minimum absolute atomic E-state index is 0.152. The van der Waals surface area contributed by atoms with Gasteiger partial charge in [-0.3, -0.25) is 0 Å². The maximum absolute atomic E-state index is 11.9. The van der Waals surface area contributed by atoms with Crippen LogP contribution in [-0.4, -0.2) is 45.3 Å². The van der Waals surface area contributed by atoms with Crippen LogP contribution in [0.1, 0.15) is 5.56 Å². The molecule has 0 aliphatic carbocycles. The van der Waals surface area contributed by atoms with Crippen molar-refractivity contribution in [1.29, 1.82) is 0 Å². The average Bonchev–Trinajstić information content (AvgIpc) is 2.63. The van der Waals surface area contributed by atoms with E-state index in [1.165, 1.54) is 10.5 Å². The quantitative estimate of drug-likeness (QED) is 0.752. The van der Waals surface area contributed by atoms with Crippen LogP contribution >= 0.6 is 11.6 Å². The van der Waals surface area contributed by atoms with Crippen molar-refractivity contribution in [1.82, 2.24) is 5.32 Å². The van der Waals surface area contributed by atoms with Gasteiger partial charge in [0.1, 0.15) is 0 Å². The summed E-state index contributed by atoms with van der Waals surface area (Å²) in [7, 11) is 0. The smallest absolute Gasteiger partial charge is 0.319 e. The zero-order valence-corrected chi connectivity index (χ0v) is 15.9. The number of carbonyl (C=O) groups excluding carboxylic acids is 1. The van der Waals surface area contributed by atoms with Crippen molar-refractivity contribution in [2.24, 2.45) is 0 Å². The molecule has 2 aromatic carbocycles. The molecule has 0 aromatic heterocycles. The number of benzene rings is 2. The van der Waals surface area contributed by atoms with Gasteiger partial charge in [0, 0.05) is 5.69 Å². The second-order valence-electron chi connectivity index (χ2n) is 6.69. The van der Waals surface area contributed by atoms with Gasteiger partial charge < -0.3 is 20.4 Å². The van der Waals surface area contributed by atoms with E-state index in [1.807, 2.05) is 36.4 Å². The number of nitrogens with zero attached hydrogens (tertiary/aromatic N) is 1. The maximum Gasteiger partial charge on any atom is 0.319 e.